The molecule has 32 heavy (non-hydrogen) atoms. The number of halogens is 6. The lowest BCUT2D eigenvalue weighted by Gasteiger charge is -2.38. The van der Waals surface area contributed by atoms with Gasteiger partial charge < -0.3 is 20.5 Å². The molecule has 2 aromatic heterocycles. The molecule has 0 aromatic carbocycles. The summed E-state index contributed by atoms with van der Waals surface area (Å²) in [7, 11) is 0. The number of carbonyl (C=O) groups excluding carboxylic acids is 1. The first-order chi connectivity index (χ1) is 14.8. The summed E-state index contributed by atoms with van der Waals surface area (Å²) in [5.74, 6) is -1.55. The van der Waals surface area contributed by atoms with Crippen molar-refractivity contribution in [2.45, 2.75) is 43.9 Å². The predicted octanol–water partition coefficient (Wildman–Crippen LogP) is 3.23. The number of anilines is 1. The second kappa shape index (κ2) is 8.83. The molecule has 1 amide bonds. The zero-order chi connectivity index (χ0) is 23.8. The van der Waals surface area contributed by atoms with E-state index in [-0.39, 0.29) is 23.1 Å². The first-order valence-corrected chi connectivity index (χ1v) is 10.1. The van der Waals surface area contributed by atoms with Crippen LogP contribution in [-0.4, -0.2) is 58.6 Å². The van der Waals surface area contributed by atoms with Crippen molar-refractivity contribution in [3.63, 3.8) is 0 Å². The minimum Gasteiger partial charge on any atom is -0.388 e. The van der Waals surface area contributed by atoms with Crippen molar-refractivity contribution in [3.05, 3.63) is 29.0 Å². The van der Waals surface area contributed by atoms with Gasteiger partial charge in [-0.15, -0.1) is 11.3 Å². The SMILES string of the molecule is CC[C@H](N(c1cc(C(F)(F)F)c(-c2cnc(C(N)=O)s2)cn1)[C@H]1COC[C@@H]1O)C(F)(F)F. The molecular weight excluding hydrogens is 466 g/mol. The highest BCUT2D eigenvalue weighted by Crippen LogP contribution is 2.42. The zero-order valence-corrected chi connectivity index (χ0v) is 17.3. The summed E-state index contributed by atoms with van der Waals surface area (Å²) in [4.78, 5) is 19.3. The number of hydrogen-bond donors (Lipinski definition) is 2. The van der Waals surface area contributed by atoms with Crippen LogP contribution < -0.4 is 10.6 Å². The van der Waals surface area contributed by atoms with Crippen LogP contribution in [0.1, 0.15) is 28.7 Å². The van der Waals surface area contributed by atoms with Crippen LogP contribution in [-0.2, 0) is 10.9 Å². The number of primary amides is 1. The molecule has 3 atom stereocenters. The quantitative estimate of drug-likeness (QED) is 0.611. The first-order valence-electron chi connectivity index (χ1n) is 9.28. The van der Waals surface area contributed by atoms with E-state index >= 15 is 0 Å². The summed E-state index contributed by atoms with van der Waals surface area (Å²) in [5, 5.41) is 9.88. The van der Waals surface area contributed by atoms with E-state index in [0.717, 1.165) is 12.4 Å². The number of thiazole rings is 1. The molecule has 14 heteroatoms. The molecule has 1 saturated heterocycles. The molecule has 0 bridgehead atoms. The van der Waals surface area contributed by atoms with Gasteiger partial charge in [-0.05, 0) is 12.5 Å². The lowest BCUT2D eigenvalue weighted by atomic mass is 10.0. The number of pyridine rings is 1. The Labute approximate surface area is 181 Å². The molecule has 2 aromatic rings. The normalized spacial score (nSPS) is 20.4. The van der Waals surface area contributed by atoms with E-state index in [1.54, 1.807) is 0 Å². The summed E-state index contributed by atoms with van der Waals surface area (Å²) in [6.45, 7) is 0.667. The molecule has 0 unspecified atom stereocenters. The molecule has 1 fully saturated rings. The van der Waals surface area contributed by atoms with Crippen molar-refractivity contribution in [1.82, 2.24) is 9.97 Å². The minimum absolute atomic E-state index is 0.0798. The van der Waals surface area contributed by atoms with E-state index in [9.17, 15) is 36.2 Å². The van der Waals surface area contributed by atoms with Crippen LogP contribution >= 0.6 is 11.3 Å². The number of carbonyl (C=O) groups is 1. The molecule has 3 N–H and O–H groups in total. The van der Waals surface area contributed by atoms with Gasteiger partial charge in [-0.2, -0.15) is 26.3 Å². The van der Waals surface area contributed by atoms with Gasteiger partial charge in [0.15, 0.2) is 5.01 Å². The lowest BCUT2D eigenvalue weighted by molar-refractivity contribution is -0.151. The number of nitrogens with zero attached hydrogens (tertiary/aromatic N) is 3. The molecule has 7 nitrogen and oxygen atoms in total. The Kier molecular flexibility index (Phi) is 6.67. The van der Waals surface area contributed by atoms with Gasteiger partial charge in [0.25, 0.3) is 5.91 Å². The van der Waals surface area contributed by atoms with E-state index in [2.05, 4.69) is 9.97 Å². The van der Waals surface area contributed by atoms with Gasteiger partial charge >= 0.3 is 12.4 Å². The third-order valence-electron chi connectivity index (χ3n) is 4.92. The number of aliphatic hydroxyl groups is 1. The van der Waals surface area contributed by atoms with Gasteiger partial charge in [-0.3, -0.25) is 4.79 Å². The summed E-state index contributed by atoms with van der Waals surface area (Å²) in [5.41, 5.74) is 3.36. The molecule has 0 aliphatic carbocycles. The molecule has 0 spiro atoms. The van der Waals surface area contributed by atoms with Crippen molar-refractivity contribution in [3.8, 4) is 10.4 Å². The first kappa shape index (κ1) is 24.2. The number of rotatable bonds is 6. The minimum atomic E-state index is -4.96. The molecule has 0 radical (unpaired) electrons. The Morgan fingerprint density at radius 1 is 1.28 bits per heavy atom. The Bertz CT molecular complexity index is 980. The summed E-state index contributed by atoms with van der Waals surface area (Å²) in [6, 6.07) is -2.95. The molecule has 1 aliphatic rings. The molecular formula is C18H18F6N4O3S. The van der Waals surface area contributed by atoms with E-state index < -0.39 is 59.8 Å². The largest absolute Gasteiger partial charge is 0.417 e. The Morgan fingerprint density at radius 3 is 2.44 bits per heavy atom. The van der Waals surface area contributed by atoms with Crippen LogP contribution in [0.25, 0.3) is 10.4 Å². The number of amides is 1. The van der Waals surface area contributed by atoms with Gasteiger partial charge in [-0.1, -0.05) is 6.92 Å². The number of ether oxygens (including phenoxy) is 1. The van der Waals surface area contributed by atoms with Crippen LogP contribution in [0.15, 0.2) is 18.5 Å². The highest BCUT2D eigenvalue weighted by Gasteiger charge is 2.48. The lowest BCUT2D eigenvalue weighted by Crippen LogP contribution is -2.55. The Morgan fingerprint density at radius 2 is 1.97 bits per heavy atom. The second-order valence-electron chi connectivity index (χ2n) is 7.02. The van der Waals surface area contributed by atoms with Gasteiger partial charge in [-0.25, -0.2) is 9.97 Å². The van der Waals surface area contributed by atoms with E-state index in [1.165, 1.54) is 6.92 Å². The average Bonchev–Trinajstić information content (AvgIpc) is 3.33. The van der Waals surface area contributed by atoms with Crippen molar-refractivity contribution in [1.29, 1.82) is 0 Å². The monoisotopic (exact) mass is 484 g/mol. The molecule has 1 aliphatic heterocycles. The summed E-state index contributed by atoms with van der Waals surface area (Å²) in [6.07, 6.45) is -9.82. The topological polar surface area (TPSA) is 102 Å². The maximum absolute atomic E-state index is 13.9. The fraction of sp³-hybridized carbons (Fsp3) is 0.500. The van der Waals surface area contributed by atoms with Gasteiger partial charge in [0.1, 0.15) is 11.9 Å². The van der Waals surface area contributed by atoms with Crippen LogP contribution in [0.3, 0.4) is 0 Å². The fourth-order valence-electron chi connectivity index (χ4n) is 3.47. The van der Waals surface area contributed by atoms with Crippen molar-refractivity contribution in [2.75, 3.05) is 18.1 Å². The molecule has 3 rings (SSSR count). The summed E-state index contributed by atoms with van der Waals surface area (Å²) >= 11 is 0.600. The zero-order valence-electron chi connectivity index (χ0n) is 16.4. The maximum atomic E-state index is 13.9. The van der Waals surface area contributed by atoms with E-state index in [4.69, 9.17) is 10.5 Å². The van der Waals surface area contributed by atoms with Crippen LogP contribution in [0.4, 0.5) is 32.2 Å². The maximum Gasteiger partial charge on any atom is 0.417 e. The van der Waals surface area contributed by atoms with Gasteiger partial charge in [0.2, 0.25) is 0 Å². The highest BCUT2D eigenvalue weighted by atomic mass is 32.1. The molecule has 0 saturated carbocycles. The fourth-order valence-corrected chi connectivity index (χ4v) is 4.27. The second-order valence-corrected chi connectivity index (χ2v) is 8.06. The Balaban J connectivity index is 2.16. The van der Waals surface area contributed by atoms with Crippen molar-refractivity contribution >= 4 is 23.1 Å². The van der Waals surface area contributed by atoms with Crippen molar-refractivity contribution in [2.24, 2.45) is 5.73 Å². The van der Waals surface area contributed by atoms with Crippen LogP contribution in [0.5, 0.6) is 0 Å². The van der Waals surface area contributed by atoms with E-state index in [0.29, 0.717) is 22.3 Å². The number of alkyl halides is 6. The molecule has 176 valence electrons. The number of nitrogens with two attached hydrogens (primary N) is 1. The van der Waals surface area contributed by atoms with E-state index in [1.807, 2.05) is 0 Å². The Hall–Kier alpha value is -2.45. The molecule has 3 heterocycles. The van der Waals surface area contributed by atoms with Crippen molar-refractivity contribution < 1.29 is 41.0 Å². The van der Waals surface area contributed by atoms with Gasteiger partial charge in [0, 0.05) is 18.0 Å². The average molecular weight is 484 g/mol. The summed E-state index contributed by atoms with van der Waals surface area (Å²) < 4.78 is 87.8. The standard InChI is InChI=1S/C18H18F6N4O3S/c1-2-13(18(22,23)24)28(10-6-31-7-11(10)29)14-3-9(17(19,20)21)8(4-26-14)12-5-27-16(32-12)15(25)30/h3-5,10-11,13,29H,2,6-7H2,1H3,(H2,25,30)/t10-,11-,13-/m0/s1. The van der Waals surface area contributed by atoms with Crippen LogP contribution in [0, 0.1) is 0 Å². The van der Waals surface area contributed by atoms with Gasteiger partial charge in [0.05, 0.1) is 35.8 Å². The predicted molar refractivity (Wildman–Crippen MR) is 102 cm³/mol. The number of aromatic nitrogens is 2. The third kappa shape index (κ3) is 4.81. The van der Waals surface area contributed by atoms with Crippen LogP contribution in [0.2, 0.25) is 0 Å². The number of aliphatic hydroxyl groups excluding tert-OH is 1. The smallest absolute Gasteiger partial charge is 0.388 e. The highest BCUT2D eigenvalue weighted by molar-refractivity contribution is 7.17. The third-order valence-corrected chi connectivity index (χ3v) is 5.97. The number of hydrogen-bond acceptors (Lipinski definition) is 7.